The highest BCUT2D eigenvalue weighted by Gasteiger charge is 2.11. The van der Waals surface area contributed by atoms with E-state index in [2.05, 4.69) is 64.8 Å². The molecule has 2 aromatic rings. The van der Waals surface area contributed by atoms with Gasteiger partial charge in [0.05, 0.1) is 0 Å². The van der Waals surface area contributed by atoms with E-state index in [-0.39, 0.29) is 0 Å². The van der Waals surface area contributed by atoms with Crippen molar-refractivity contribution in [2.45, 2.75) is 25.1 Å². The van der Waals surface area contributed by atoms with E-state index in [1.807, 2.05) is 0 Å². The zero-order valence-electron chi connectivity index (χ0n) is 9.53. The molecule has 1 unspecified atom stereocenters. The fourth-order valence-electron chi connectivity index (χ4n) is 1.82. The average Bonchev–Trinajstić information content (AvgIpc) is 2.74. The number of alkyl halides is 1. The normalized spacial score (nSPS) is 12.7. The van der Waals surface area contributed by atoms with E-state index in [0.29, 0.717) is 4.83 Å². The van der Waals surface area contributed by atoms with Crippen LogP contribution in [0.2, 0.25) is 0 Å². The molecule has 0 fully saturated rings. The van der Waals surface area contributed by atoms with Crippen molar-refractivity contribution in [2.75, 3.05) is 0 Å². The summed E-state index contributed by atoms with van der Waals surface area (Å²) in [6.07, 6.45) is 1.06. The standard InChI is InChI=1S/C14H15BrS/c1-10-3-4-11(2)13(7-10)14(15)8-12-5-6-16-9-12/h3-7,9,14H,8H2,1-2H3. The van der Waals surface area contributed by atoms with Crippen molar-refractivity contribution in [2.24, 2.45) is 0 Å². The summed E-state index contributed by atoms with van der Waals surface area (Å²) in [5, 5.41) is 4.36. The molecule has 0 radical (unpaired) electrons. The van der Waals surface area contributed by atoms with Crippen molar-refractivity contribution in [3.8, 4) is 0 Å². The molecule has 0 N–H and O–H groups in total. The molecule has 16 heavy (non-hydrogen) atoms. The molecule has 0 spiro atoms. The van der Waals surface area contributed by atoms with Gasteiger partial charge in [0.15, 0.2) is 0 Å². The summed E-state index contributed by atoms with van der Waals surface area (Å²) < 4.78 is 0. The zero-order valence-corrected chi connectivity index (χ0v) is 11.9. The highest BCUT2D eigenvalue weighted by Crippen LogP contribution is 2.30. The third-order valence-electron chi connectivity index (χ3n) is 2.77. The lowest BCUT2D eigenvalue weighted by Gasteiger charge is -2.13. The number of halogens is 1. The third kappa shape index (κ3) is 2.74. The van der Waals surface area contributed by atoms with Gasteiger partial charge in [-0.1, -0.05) is 39.7 Å². The Bertz CT molecular complexity index is 460. The predicted octanol–water partition coefficient (Wildman–Crippen LogP) is 5.04. The monoisotopic (exact) mass is 294 g/mol. The molecular weight excluding hydrogens is 280 g/mol. The first-order valence-corrected chi connectivity index (χ1v) is 7.25. The first-order chi connectivity index (χ1) is 7.66. The van der Waals surface area contributed by atoms with E-state index < -0.39 is 0 Å². The van der Waals surface area contributed by atoms with E-state index in [0.717, 1.165) is 6.42 Å². The average molecular weight is 295 g/mol. The first-order valence-electron chi connectivity index (χ1n) is 5.39. The second-order valence-corrected chi connectivity index (χ2v) is 6.05. The molecule has 0 aliphatic heterocycles. The summed E-state index contributed by atoms with van der Waals surface area (Å²) in [6, 6.07) is 8.85. The summed E-state index contributed by atoms with van der Waals surface area (Å²) in [6.45, 7) is 4.32. The Hall–Kier alpha value is -0.600. The number of benzene rings is 1. The van der Waals surface area contributed by atoms with Gasteiger partial charge in [0, 0.05) is 4.83 Å². The Kier molecular flexibility index (Phi) is 3.82. The molecule has 1 heterocycles. The van der Waals surface area contributed by atoms with Gasteiger partial charge in [-0.25, -0.2) is 0 Å². The molecule has 2 heteroatoms. The molecule has 0 saturated heterocycles. The number of hydrogen-bond donors (Lipinski definition) is 0. The van der Waals surface area contributed by atoms with Gasteiger partial charge in [-0.15, -0.1) is 0 Å². The van der Waals surface area contributed by atoms with Crippen LogP contribution in [0.25, 0.3) is 0 Å². The van der Waals surface area contributed by atoms with Crippen LogP contribution in [0.15, 0.2) is 35.0 Å². The Morgan fingerprint density at radius 1 is 1.25 bits per heavy atom. The molecular formula is C14H15BrS. The fourth-order valence-corrected chi connectivity index (χ4v) is 3.37. The molecule has 1 aromatic carbocycles. The Labute approximate surface area is 109 Å². The number of aryl methyl sites for hydroxylation is 2. The highest BCUT2D eigenvalue weighted by atomic mass is 79.9. The largest absolute Gasteiger partial charge is 0.152 e. The van der Waals surface area contributed by atoms with Gasteiger partial charge < -0.3 is 0 Å². The molecule has 0 bridgehead atoms. The highest BCUT2D eigenvalue weighted by molar-refractivity contribution is 9.09. The third-order valence-corrected chi connectivity index (χ3v) is 4.32. The van der Waals surface area contributed by atoms with E-state index in [4.69, 9.17) is 0 Å². The summed E-state index contributed by atoms with van der Waals surface area (Å²) in [5.41, 5.74) is 5.51. The molecule has 0 aliphatic carbocycles. The van der Waals surface area contributed by atoms with E-state index in [1.54, 1.807) is 11.3 Å². The van der Waals surface area contributed by atoms with Gasteiger partial charge in [0.1, 0.15) is 0 Å². The van der Waals surface area contributed by atoms with Crippen LogP contribution in [0.3, 0.4) is 0 Å². The molecule has 1 aromatic heterocycles. The van der Waals surface area contributed by atoms with Crippen LogP contribution in [-0.2, 0) is 6.42 Å². The minimum Gasteiger partial charge on any atom is -0.152 e. The SMILES string of the molecule is Cc1ccc(C)c(C(Br)Cc2ccsc2)c1. The van der Waals surface area contributed by atoms with Crippen molar-refractivity contribution >= 4 is 27.3 Å². The van der Waals surface area contributed by atoms with Gasteiger partial charge in [-0.2, -0.15) is 11.3 Å². The van der Waals surface area contributed by atoms with Gasteiger partial charge in [0.2, 0.25) is 0 Å². The minimum absolute atomic E-state index is 0.419. The smallest absolute Gasteiger partial charge is 0.0438 e. The van der Waals surface area contributed by atoms with Crippen molar-refractivity contribution in [1.82, 2.24) is 0 Å². The van der Waals surface area contributed by atoms with Crippen LogP contribution >= 0.6 is 27.3 Å². The second-order valence-electron chi connectivity index (χ2n) is 4.16. The molecule has 2 rings (SSSR count). The minimum atomic E-state index is 0.419. The second kappa shape index (κ2) is 5.15. The van der Waals surface area contributed by atoms with Crippen molar-refractivity contribution in [1.29, 1.82) is 0 Å². The Morgan fingerprint density at radius 2 is 2.06 bits per heavy atom. The summed E-state index contributed by atoms with van der Waals surface area (Å²) in [7, 11) is 0. The topological polar surface area (TPSA) is 0 Å². The van der Waals surface area contributed by atoms with E-state index in [1.165, 1.54) is 22.3 Å². The molecule has 0 nitrogen and oxygen atoms in total. The van der Waals surface area contributed by atoms with Crippen molar-refractivity contribution in [3.05, 3.63) is 57.3 Å². The van der Waals surface area contributed by atoms with E-state index >= 15 is 0 Å². The van der Waals surface area contributed by atoms with Gasteiger partial charge in [-0.3, -0.25) is 0 Å². The number of hydrogen-bond acceptors (Lipinski definition) is 1. The van der Waals surface area contributed by atoms with Crippen LogP contribution in [0.4, 0.5) is 0 Å². The lowest BCUT2D eigenvalue weighted by molar-refractivity contribution is 0.941. The maximum Gasteiger partial charge on any atom is 0.0438 e. The van der Waals surface area contributed by atoms with Crippen molar-refractivity contribution < 1.29 is 0 Å². The zero-order chi connectivity index (χ0) is 11.5. The molecule has 1 atom stereocenters. The molecule has 0 amide bonds. The molecule has 0 aliphatic rings. The van der Waals surface area contributed by atoms with Crippen LogP contribution in [0.1, 0.15) is 27.1 Å². The lowest BCUT2D eigenvalue weighted by Crippen LogP contribution is -1.97. The Morgan fingerprint density at radius 3 is 2.75 bits per heavy atom. The Balaban J connectivity index is 2.20. The number of rotatable bonds is 3. The number of thiophene rings is 1. The maximum absolute atomic E-state index is 3.80. The van der Waals surface area contributed by atoms with Crippen LogP contribution in [0, 0.1) is 13.8 Å². The summed E-state index contributed by atoms with van der Waals surface area (Å²) in [4.78, 5) is 0.419. The summed E-state index contributed by atoms with van der Waals surface area (Å²) in [5.74, 6) is 0. The predicted molar refractivity (Wildman–Crippen MR) is 75.6 cm³/mol. The van der Waals surface area contributed by atoms with Crippen LogP contribution < -0.4 is 0 Å². The van der Waals surface area contributed by atoms with Crippen LogP contribution in [-0.4, -0.2) is 0 Å². The molecule has 84 valence electrons. The fraction of sp³-hybridized carbons (Fsp3) is 0.286. The molecule has 0 saturated carbocycles. The quantitative estimate of drug-likeness (QED) is 0.696. The maximum atomic E-state index is 3.80. The first kappa shape index (κ1) is 11.9. The van der Waals surface area contributed by atoms with Crippen molar-refractivity contribution in [3.63, 3.8) is 0 Å². The van der Waals surface area contributed by atoms with Gasteiger partial charge in [-0.05, 0) is 53.8 Å². The van der Waals surface area contributed by atoms with Crippen LogP contribution in [0.5, 0.6) is 0 Å². The van der Waals surface area contributed by atoms with Gasteiger partial charge >= 0.3 is 0 Å². The van der Waals surface area contributed by atoms with Gasteiger partial charge in [0.25, 0.3) is 0 Å². The lowest BCUT2D eigenvalue weighted by atomic mass is 10.00. The summed E-state index contributed by atoms with van der Waals surface area (Å²) >= 11 is 5.56. The van der Waals surface area contributed by atoms with E-state index in [9.17, 15) is 0 Å².